The maximum absolute atomic E-state index is 9.35. The van der Waals surface area contributed by atoms with Crippen LogP contribution in [-0.4, -0.2) is 23.7 Å². The highest BCUT2D eigenvalue weighted by molar-refractivity contribution is 5.57. The SMILES string of the molecule is Oc1ccc2c(c1)NCC(NC1CC1)C2. The molecule has 1 aliphatic heterocycles. The van der Waals surface area contributed by atoms with E-state index >= 15 is 0 Å². The monoisotopic (exact) mass is 204 g/mol. The lowest BCUT2D eigenvalue weighted by Crippen LogP contribution is -2.41. The van der Waals surface area contributed by atoms with Crippen molar-refractivity contribution in [2.45, 2.75) is 31.3 Å². The Morgan fingerprint density at radius 2 is 2.13 bits per heavy atom. The van der Waals surface area contributed by atoms with Gasteiger partial charge < -0.3 is 15.7 Å². The summed E-state index contributed by atoms with van der Waals surface area (Å²) in [7, 11) is 0. The van der Waals surface area contributed by atoms with Crippen molar-refractivity contribution >= 4 is 5.69 Å². The maximum atomic E-state index is 9.35. The maximum Gasteiger partial charge on any atom is 0.117 e. The molecule has 3 heteroatoms. The summed E-state index contributed by atoms with van der Waals surface area (Å²) < 4.78 is 0. The highest BCUT2D eigenvalue weighted by atomic mass is 16.3. The fourth-order valence-electron chi connectivity index (χ4n) is 2.18. The zero-order valence-electron chi connectivity index (χ0n) is 8.66. The van der Waals surface area contributed by atoms with E-state index in [1.54, 1.807) is 6.07 Å². The summed E-state index contributed by atoms with van der Waals surface area (Å²) in [5.41, 5.74) is 2.39. The quantitative estimate of drug-likeness (QED) is 0.683. The van der Waals surface area contributed by atoms with E-state index in [4.69, 9.17) is 0 Å². The van der Waals surface area contributed by atoms with Gasteiger partial charge in [0.15, 0.2) is 0 Å². The van der Waals surface area contributed by atoms with E-state index in [9.17, 15) is 5.11 Å². The van der Waals surface area contributed by atoms with Crippen molar-refractivity contribution in [2.75, 3.05) is 11.9 Å². The molecule has 3 rings (SSSR count). The molecule has 0 bridgehead atoms. The number of anilines is 1. The fraction of sp³-hybridized carbons (Fsp3) is 0.500. The van der Waals surface area contributed by atoms with E-state index in [1.807, 2.05) is 12.1 Å². The zero-order chi connectivity index (χ0) is 10.3. The molecule has 2 aliphatic rings. The van der Waals surface area contributed by atoms with Crippen LogP contribution < -0.4 is 10.6 Å². The van der Waals surface area contributed by atoms with E-state index in [-0.39, 0.29) is 0 Å². The van der Waals surface area contributed by atoms with Gasteiger partial charge >= 0.3 is 0 Å². The van der Waals surface area contributed by atoms with Crippen LogP contribution in [0.15, 0.2) is 18.2 Å². The summed E-state index contributed by atoms with van der Waals surface area (Å²) in [4.78, 5) is 0. The van der Waals surface area contributed by atoms with Gasteiger partial charge in [-0.2, -0.15) is 0 Å². The molecule has 1 unspecified atom stereocenters. The summed E-state index contributed by atoms with van der Waals surface area (Å²) >= 11 is 0. The Kier molecular flexibility index (Phi) is 2.06. The number of fused-ring (bicyclic) bond motifs is 1. The molecular weight excluding hydrogens is 188 g/mol. The Hall–Kier alpha value is -1.22. The van der Waals surface area contributed by atoms with Crippen LogP contribution in [0.3, 0.4) is 0 Å². The third-order valence-corrected chi connectivity index (χ3v) is 3.15. The molecule has 3 N–H and O–H groups in total. The molecule has 15 heavy (non-hydrogen) atoms. The molecule has 0 spiro atoms. The number of phenolic OH excluding ortho intramolecular Hbond substituents is 1. The van der Waals surface area contributed by atoms with E-state index < -0.39 is 0 Å². The fourth-order valence-corrected chi connectivity index (χ4v) is 2.18. The Morgan fingerprint density at radius 3 is 2.93 bits per heavy atom. The first-order valence-electron chi connectivity index (χ1n) is 5.63. The van der Waals surface area contributed by atoms with Gasteiger partial charge in [0.1, 0.15) is 5.75 Å². The molecule has 0 saturated heterocycles. The zero-order valence-corrected chi connectivity index (χ0v) is 8.66. The smallest absolute Gasteiger partial charge is 0.117 e. The van der Waals surface area contributed by atoms with Crippen molar-refractivity contribution in [3.63, 3.8) is 0 Å². The van der Waals surface area contributed by atoms with Gasteiger partial charge in [0.2, 0.25) is 0 Å². The van der Waals surface area contributed by atoms with Crippen LogP contribution in [-0.2, 0) is 6.42 Å². The second-order valence-corrected chi connectivity index (χ2v) is 4.56. The third kappa shape index (κ3) is 1.92. The summed E-state index contributed by atoms with van der Waals surface area (Å²) in [6, 6.07) is 6.89. The Morgan fingerprint density at radius 1 is 1.27 bits per heavy atom. The Labute approximate surface area is 89.5 Å². The molecule has 1 atom stereocenters. The summed E-state index contributed by atoms with van der Waals surface area (Å²) in [5, 5.41) is 16.3. The lowest BCUT2D eigenvalue weighted by molar-refractivity contribution is 0.473. The van der Waals surface area contributed by atoms with E-state index in [1.165, 1.54) is 18.4 Å². The number of hydrogen-bond donors (Lipinski definition) is 3. The highest BCUT2D eigenvalue weighted by Gasteiger charge is 2.26. The predicted molar refractivity (Wildman–Crippen MR) is 60.2 cm³/mol. The predicted octanol–water partition coefficient (Wildman–Crippen LogP) is 1.48. The average Bonchev–Trinajstić information content (AvgIpc) is 3.02. The van der Waals surface area contributed by atoms with Crippen molar-refractivity contribution < 1.29 is 5.11 Å². The first kappa shape index (κ1) is 9.04. The number of hydrogen-bond acceptors (Lipinski definition) is 3. The van der Waals surface area contributed by atoms with Gasteiger partial charge in [-0.25, -0.2) is 0 Å². The first-order valence-corrected chi connectivity index (χ1v) is 5.63. The largest absolute Gasteiger partial charge is 0.508 e. The molecule has 0 amide bonds. The Bertz CT molecular complexity index is 374. The minimum absolute atomic E-state index is 0.342. The van der Waals surface area contributed by atoms with Crippen molar-refractivity contribution in [2.24, 2.45) is 0 Å². The minimum atomic E-state index is 0.342. The molecule has 1 aromatic rings. The van der Waals surface area contributed by atoms with Gasteiger partial charge in [-0.05, 0) is 30.9 Å². The normalized spacial score (nSPS) is 24.4. The van der Waals surface area contributed by atoms with E-state index in [0.717, 1.165) is 24.7 Å². The molecule has 1 aliphatic carbocycles. The molecule has 80 valence electrons. The topological polar surface area (TPSA) is 44.3 Å². The number of phenols is 1. The van der Waals surface area contributed by atoms with Crippen molar-refractivity contribution in [1.29, 1.82) is 0 Å². The van der Waals surface area contributed by atoms with Gasteiger partial charge in [0, 0.05) is 30.4 Å². The van der Waals surface area contributed by atoms with E-state index in [2.05, 4.69) is 10.6 Å². The van der Waals surface area contributed by atoms with Crippen LogP contribution >= 0.6 is 0 Å². The van der Waals surface area contributed by atoms with Crippen LogP contribution in [0.2, 0.25) is 0 Å². The third-order valence-electron chi connectivity index (χ3n) is 3.15. The van der Waals surface area contributed by atoms with Gasteiger partial charge in [-0.15, -0.1) is 0 Å². The summed E-state index contributed by atoms with van der Waals surface area (Å²) in [6.45, 7) is 0.965. The number of benzene rings is 1. The summed E-state index contributed by atoms with van der Waals surface area (Å²) in [6.07, 6.45) is 3.73. The van der Waals surface area contributed by atoms with Crippen molar-refractivity contribution in [3.8, 4) is 5.75 Å². The average molecular weight is 204 g/mol. The molecule has 1 saturated carbocycles. The molecule has 1 heterocycles. The van der Waals surface area contributed by atoms with Crippen LogP contribution in [0.25, 0.3) is 0 Å². The Balaban J connectivity index is 1.74. The number of aromatic hydroxyl groups is 1. The van der Waals surface area contributed by atoms with E-state index in [0.29, 0.717) is 11.8 Å². The molecule has 0 radical (unpaired) electrons. The van der Waals surface area contributed by atoms with Gasteiger partial charge in [-0.1, -0.05) is 6.07 Å². The minimum Gasteiger partial charge on any atom is -0.508 e. The molecule has 1 fully saturated rings. The highest BCUT2D eigenvalue weighted by Crippen LogP contribution is 2.27. The number of nitrogens with one attached hydrogen (secondary N) is 2. The second-order valence-electron chi connectivity index (χ2n) is 4.56. The van der Waals surface area contributed by atoms with Crippen molar-refractivity contribution in [3.05, 3.63) is 23.8 Å². The lowest BCUT2D eigenvalue weighted by atomic mass is 9.99. The standard InChI is InChI=1S/C12H16N2O/c15-11-4-1-8-5-10(14-9-2-3-9)7-13-12(8)6-11/h1,4,6,9-10,13-15H,2-3,5,7H2. The first-order chi connectivity index (χ1) is 7.31. The van der Waals surface area contributed by atoms with Gasteiger partial charge in [0.25, 0.3) is 0 Å². The van der Waals surface area contributed by atoms with Crippen LogP contribution in [0, 0.1) is 0 Å². The van der Waals surface area contributed by atoms with Gasteiger partial charge in [-0.3, -0.25) is 0 Å². The molecule has 0 aromatic heterocycles. The van der Waals surface area contributed by atoms with Gasteiger partial charge in [0.05, 0.1) is 0 Å². The summed E-state index contributed by atoms with van der Waals surface area (Å²) in [5.74, 6) is 0.342. The van der Waals surface area contributed by atoms with Crippen LogP contribution in [0.4, 0.5) is 5.69 Å². The number of rotatable bonds is 2. The van der Waals surface area contributed by atoms with Crippen LogP contribution in [0.1, 0.15) is 18.4 Å². The second kappa shape index (κ2) is 3.42. The lowest BCUT2D eigenvalue weighted by Gasteiger charge is -2.27. The molecular formula is C12H16N2O. The van der Waals surface area contributed by atoms with Crippen molar-refractivity contribution in [1.82, 2.24) is 5.32 Å². The molecule has 3 nitrogen and oxygen atoms in total. The van der Waals surface area contributed by atoms with Crippen LogP contribution in [0.5, 0.6) is 5.75 Å². The molecule has 1 aromatic carbocycles.